The van der Waals surface area contributed by atoms with Gasteiger partial charge in [-0.05, 0) is 96.3 Å². The molecule has 12 unspecified atom stereocenters. The van der Waals surface area contributed by atoms with Gasteiger partial charge in [-0.25, -0.2) is 0 Å². The Labute approximate surface area is 660 Å². The van der Waals surface area contributed by atoms with Crippen molar-refractivity contribution in [1.82, 2.24) is 5.32 Å². The maximum atomic E-state index is 13.4. The van der Waals surface area contributed by atoms with E-state index >= 15 is 0 Å². The predicted octanol–water partition coefficient (Wildman–Crippen LogP) is 21.7. The van der Waals surface area contributed by atoms with Crippen molar-refractivity contribution < 1.29 is 64.6 Å². The molecule has 14 heteroatoms. The summed E-state index contributed by atoms with van der Waals surface area (Å²) in [6.07, 6.45) is 96.5. The van der Waals surface area contributed by atoms with Gasteiger partial charge in [-0.2, -0.15) is 0 Å². The fourth-order valence-electron chi connectivity index (χ4n) is 14.0. The van der Waals surface area contributed by atoms with Crippen LogP contribution >= 0.6 is 0 Å². The Bertz CT molecular complexity index is 2340. The van der Waals surface area contributed by atoms with Crippen molar-refractivity contribution >= 4 is 5.91 Å². The summed E-state index contributed by atoms with van der Waals surface area (Å²) in [5, 5.41) is 88.0. The molecular formula is C94H163NO13. The molecule has 12 atom stereocenters. The maximum absolute atomic E-state index is 13.4. The lowest BCUT2D eigenvalue weighted by Gasteiger charge is -2.46. The number of carbonyl (C=O) groups is 1. The summed E-state index contributed by atoms with van der Waals surface area (Å²) in [5.74, 6) is -0.218. The molecule has 0 aliphatic carbocycles. The first-order valence-corrected chi connectivity index (χ1v) is 44.4. The number of aliphatic hydroxyl groups excluding tert-OH is 8. The average molecular weight is 1520 g/mol. The highest BCUT2D eigenvalue weighted by atomic mass is 16.7. The minimum absolute atomic E-state index is 0.218. The lowest BCUT2D eigenvalue weighted by Crippen LogP contribution is -2.65. The molecule has 0 aromatic heterocycles. The van der Waals surface area contributed by atoms with Gasteiger partial charge < -0.3 is 65.1 Å². The Balaban J connectivity index is 1.60. The van der Waals surface area contributed by atoms with Gasteiger partial charge in [0.2, 0.25) is 5.91 Å². The standard InChI is InChI=1S/C94H163NO13/c1-3-5-7-9-11-13-15-17-19-21-23-25-27-29-31-33-35-37-38-39-40-41-42-43-44-46-48-50-52-54-56-58-60-62-64-66-68-70-72-74-76-78-86(99)95-82(81-105-93-91(104)89(102)92(85(80-97)107-93)108-94-90(103)88(101)87(100)84(79-96)106-94)83(98)77-75-73-71-69-67-65-63-61-59-57-55-53-51-49-47-45-36-34-32-30-28-26-24-22-20-18-16-14-12-10-8-6-4-2/h5,7,11,13,17,19,23,25,29,31,35,37,39-40,42-43,46,48,52,54,58,60,82-85,87-94,96-98,100-104H,3-4,6,8-10,12,14-16,18,20-22,24,26-28,30,32-34,36,38,41,44-45,47,49-51,53,55-57,59,61-81H2,1-2H3,(H,95,99)/b7-5-,13-11-,19-17-,25-23-,31-29-,37-35-,40-39-,43-42-,48-46-,54-52-,60-58-. The zero-order valence-corrected chi connectivity index (χ0v) is 68.6. The summed E-state index contributed by atoms with van der Waals surface area (Å²) < 4.78 is 23.0. The zero-order valence-electron chi connectivity index (χ0n) is 68.6. The molecule has 2 heterocycles. The van der Waals surface area contributed by atoms with Crippen LogP contribution in [-0.4, -0.2) is 140 Å². The van der Waals surface area contributed by atoms with Crippen molar-refractivity contribution in [3.8, 4) is 0 Å². The lowest BCUT2D eigenvalue weighted by atomic mass is 9.97. The van der Waals surface area contributed by atoms with Crippen LogP contribution in [0.5, 0.6) is 0 Å². The van der Waals surface area contributed by atoms with Crippen LogP contribution in [-0.2, 0) is 23.7 Å². The van der Waals surface area contributed by atoms with Crippen LogP contribution in [0, 0.1) is 0 Å². The molecule has 1 amide bonds. The van der Waals surface area contributed by atoms with Crippen LogP contribution in [0.4, 0.5) is 0 Å². The van der Waals surface area contributed by atoms with Gasteiger partial charge >= 0.3 is 0 Å². The highest BCUT2D eigenvalue weighted by Crippen LogP contribution is 2.31. The number of amides is 1. The van der Waals surface area contributed by atoms with Crippen molar-refractivity contribution in [1.29, 1.82) is 0 Å². The van der Waals surface area contributed by atoms with Gasteiger partial charge in [0, 0.05) is 6.42 Å². The summed E-state index contributed by atoms with van der Waals surface area (Å²) in [6.45, 7) is 2.78. The number of allylic oxidation sites excluding steroid dienone is 22. The van der Waals surface area contributed by atoms with Crippen LogP contribution in [0.25, 0.3) is 0 Å². The fraction of sp³-hybridized carbons (Fsp3) is 0.755. The number of hydrogen-bond acceptors (Lipinski definition) is 13. The summed E-state index contributed by atoms with van der Waals surface area (Å²) in [4.78, 5) is 13.4. The first-order valence-electron chi connectivity index (χ1n) is 44.4. The van der Waals surface area contributed by atoms with Crippen LogP contribution in [0.3, 0.4) is 0 Å². The molecule has 0 bridgehead atoms. The zero-order chi connectivity index (χ0) is 77.9. The summed E-state index contributed by atoms with van der Waals surface area (Å²) in [6, 6.07) is -0.847. The molecule has 2 saturated heterocycles. The Hall–Kier alpha value is -3.87. The number of hydrogen-bond donors (Lipinski definition) is 9. The predicted molar refractivity (Wildman–Crippen MR) is 451 cm³/mol. The molecule has 0 saturated carbocycles. The summed E-state index contributed by atoms with van der Waals surface area (Å²) in [7, 11) is 0. The van der Waals surface area contributed by atoms with Crippen LogP contribution in [0.1, 0.15) is 361 Å². The highest BCUT2D eigenvalue weighted by molar-refractivity contribution is 5.76. The van der Waals surface area contributed by atoms with Crippen molar-refractivity contribution in [2.24, 2.45) is 0 Å². The van der Waals surface area contributed by atoms with E-state index in [4.69, 9.17) is 18.9 Å². The largest absolute Gasteiger partial charge is 0.394 e. The maximum Gasteiger partial charge on any atom is 0.220 e. The van der Waals surface area contributed by atoms with Gasteiger partial charge in [-0.1, -0.05) is 392 Å². The number of aliphatic hydroxyl groups is 8. The van der Waals surface area contributed by atoms with Crippen LogP contribution in [0.15, 0.2) is 134 Å². The van der Waals surface area contributed by atoms with E-state index in [-0.39, 0.29) is 18.9 Å². The van der Waals surface area contributed by atoms with Gasteiger partial charge in [-0.15, -0.1) is 0 Å². The molecule has 2 aliphatic rings. The Morgan fingerprint density at radius 1 is 0.343 bits per heavy atom. The van der Waals surface area contributed by atoms with E-state index in [1.807, 2.05) is 0 Å². The first kappa shape index (κ1) is 100. The van der Waals surface area contributed by atoms with Gasteiger partial charge in [0.15, 0.2) is 12.6 Å². The first-order chi connectivity index (χ1) is 53.1. The molecule has 2 rings (SSSR count). The third kappa shape index (κ3) is 57.2. The van der Waals surface area contributed by atoms with E-state index in [2.05, 4.69) is 153 Å². The van der Waals surface area contributed by atoms with Crippen LogP contribution in [0.2, 0.25) is 0 Å². The third-order valence-corrected chi connectivity index (χ3v) is 20.9. The highest BCUT2D eigenvalue weighted by Gasteiger charge is 2.51. The van der Waals surface area contributed by atoms with E-state index in [1.165, 1.54) is 193 Å². The van der Waals surface area contributed by atoms with Crippen molar-refractivity contribution in [2.75, 3.05) is 19.8 Å². The van der Waals surface area contributed by atoms with Gasteiger partial charge in [0.25, 0.3) is 0 Å². The van der Waals surface area contributed by atoms with E-state index in [0.29, 0.717) is 12.8 Å². The monoisotopic (exact) mass is 1510 g/mol. The Morgan fingerprint density at radius 3 is 0.981 bits per heavy atom. The van der Waals surface area contributed by atoms with Crippen LogP contribution < -0.4 is 5.32 Å². The second kappa shape index (κ2) is 75.8. The topological polar surface area (TPSA) is 228 Å². The molecule has 0 aromatic rings. The van der Waals surface area contributed by atoms with Gasteiger partial charge in [0.05, 0.1) is 32.0 Å². The van der Waals surface area contributed by atoms with Crippen molar-refractivity contribution in [3.63, 3.8) is 0 Å². The number of nitrogens with one attached hydrogen (secondary N) is 1. The molecule has 14 nitrogen and oxygen atoms in total. The van der Waals surface area contributed by atoms with E-state index in [0.717, 1.165) is 135 Å². The molecule has 0 aromatic carbocycles. The molecule has 0 radical (unpaired) electrons. The Morgan fingerprint density at radius 2 is 0.639 bits per heavy atom. The number of rotatable bonds is 74. The van der Waals surface area contributed by atoms with Crippen molar-refractivity contribution in [3.05, 3.63) is 134 Å². The SMILES string of the molecule is CC/C=C\C/C=C\C/C=C\C/C=C\C/C=C\C/C=C\C/C=C\C/C=C\C/C=C\C/C=C\C/C=C\CCCCCCCCCC(=O)NC(COC1OC(CO)C(OC2OC(CO)C(O)C(O)C2O)C(O)C1O)C(O)CCCCCCCCCCCCCCCCCCCCCCCCCCCCCCCCCCC. The number of unbranched alkanes of at least 4 members (excludes halogenated alkanes) is 39. The molecular weight excluding hydrogens is 1350 g/mol. The van der Waals surface area contributed by atoms with E-state index < -0.39 is 86.8 Å². The van der Waals surface area contributed by atoms with Gasteiger partial charge in [-0.3, -0.25) is 4.79 Å². The molecule has 108 heavy (non-hydrogen) atoms. The summed E-state index contributed by atoms with van der Waals surface area (Å²) in [5.41, 5.74) is 0. The van der Waals surface area contributed by atoms with Gasteiger partial charge in [0.1, 0.15) is 48.8 Å². The Kier molecular flexibility index (Phi) is 70.3. The molecule has 2 aliphatic heterocycles. The van der Waals surface area contributed by atoms with Crippen molar-refractivity contribution in [2.45, 2.75) is 434 Å². The minimum Gasteiger partial charge on any atom is -0.394 e. The fourth-order valence-corrected chi connectivity index (χ4v) is 14.0. The minimum atomic E-state index is -1.79. The quantitative estimate of drug-likeness (QED) is 0.0204. The van der Waals surface area contributed by atoms with E-state index in [1.54, 1.807) is 0 Å². The molecule has 9 N–H and O–H groups in total. The second-order valence-corrected chi connectivity index (χ2v) is 30.6. The third-order valence-electron chi connectivity index (χ3n) is 20.9. The van der Waals surface area contributed by atoms with E-state index in [9.17, 15) is 45.6 Å². The molecule has 622 valence electrons. The number of ether oxygens (including phenoxy) is 4. The smallest absolute Gasteiger partial charge is 0.220 e. The average Bonchev–Trinajstić information content (AvgIpc) is 0.789. The number of carbonyl (C=O) groups excluding carboxylic acids is 1. The molecule has 2 fully saturated rings. The normalized spacial score (nSPS) is 21.8. The summed E-state index contributed by atoms with van der Waals surface area (Å²) >= 11 is 0. The second-order valence-electron chi connectivity index (χ2n) is 30.6. The molecule has 0 spiro atoms. The lowest BCUT2D eigenvalue weighted by molar-refractivity contribution is -0.359.